The van der Waals surface area contributed by atoms with Crippen molar-refractivity contribution in [2.45, 2.75) is 25.3 Å². The second-order valence-electron chi connectivity index (χ2n) is 4.19. The molecular formula is C12H17FN2. The Morgan fingerprint density at radius 1 is 1.47 bits per heavy atom. The summed E-state index contributed by atoms with van der Waals surface area (Å²) in [5, 5.41) is 3.31. The normalized spacial score (nSPS) is 18.3. The summed E-state index contributed by atoms with van der Waals surface area (Å²) in [6, 6.07) is 6.85. The molecule has 2 nitrogen and oxygen atoms in total. The second kappa shape index (κ2) is 4.62. The molecule has 0 amide bonds. The molecule has 3 heteroatoms. The molecule has 3 N–H and O–H groups in total. The summed E-state index contributed by atoms with van der Waals surface area (Å²) in [6.45, 7) is 0.612. The topological polar surface area (TPSA) is 38.0 Å². The molecule has 1 aromatic rings. The molecule has 15 heavy (non-hydrogen) atoms. The van der Waals surface area contributed by atoms with Gasteiger partial charge in [-0.25, -0.2) is 4.39 Å². The Hall–Kier alpha value is -1.09. The molecule has 0 bridgehead atoms. The molecule has 1 saturated carbocycles. The van der Waals surface area contributed by atoms with Gasteiger partial charge >= 0.3 is 0 Å². The lowest BCUT2D eigenvalue weighted by atomic mass is 9.79. The third-order valence-electron chi connectivity index (χ3n) is 3.15. The number of rotatable bonds is 4. The highest BCUT2D eigenvalue weighted by atomic mass is 19.1. The SMILES string of the molecule is NCC(Nc1cccc(F)c1)C1CCC1. The Labute approximate surface area is 89.7 Å². The van der Waals surface area contributed by atoms with Crippen LogP contribution in [0.15, 0.2) is 24.3 Å². The molecule has 0 spiro atoms. The molecule has 0 radical (unpaired) electrons. The van der Waals surface area contributed by atoms with Crippen LogP contribution in [0.3, 0.4) is 0 Å². The van der Waals surface area contributed by atoms with Crippen molar-refractivity contribution in [3.8, 4) is 0 Å². The van der Waals surface area contributed by atoms with E-state index in [1.165, 1.54) is 31.4 Å². The van der Waals surface area contributed by atoms with Crippen molar-refractivity contribution >= 4 is 5.69 Å². The van der Waals surface area contributed by atoms with Crippen LogP contribution < -0.4 is 11.1 Å². The van der Waals surface area contributed by atoms with Crippen molar-refractivity contribution in [2.75, 3.05) is 11.9 Å². The van der Waals surface area contributed by atoms with Crippen LogP contribution in [0.25, 0.3) is 0 Å². The van der Waals surface area contributed by atoms with Gasteiger partial charge in [0.15, 0.2) is 0 Å². The molecule has 1 aromatic carbocycles. The summed E-state index contributed by atoms with van der Waals surface area (Å²) in [4.78, 5) is 0. The first-order chi connectivity index (χ1) is 7.29. The van der Waals surface area contributed by atoms with Crippen molar-refractivity contribution in [1.82, 2.24) is 0 Å². The highest BCUT2D eigenvalue weighted by Gasteiger charge is 2.25. The molecule has 2 rings (SSSR count). The maximum Gasteiger partial charge on any atom is 0.125 e. The van der Waals surface area contributed by atoms with E-state index >= 15 is 0 Å². The van der Waals surface area contributed by atoms with E-state index < -0.39 is 0 Å². The van der Waals surface area contributed by atoms with E-state index in [0.29, 0.717) is 18.5 Å². The van der Waals surface area contributed by atoms with Gasteiger partial charge in [-0.05, 0) is 37.0 Å². The van der Waals surface area contributed by atoms with Gasteiger partial charge in [0.2, 0.25) is 0 Å². The number of nitrogens with two attached hydrogens (primary N) is 1. The minimum Gasteiger partial charge on any atom is -0.381 e. The Kier molecular flexibility index (Phi) is 3.21. The molecule has 1 aliphatic rings. The van der Waals surface area contributed by atoms with Gasteiger partial charge in [0.25, 0.3) is 0 Å². The van der Waals surface area contributed by atoms with E-state index in [4.69, 9.17) is 5.73 Å². The van der Waals surface area contributed by atoms with Gasteiger partial charge in [0, 0.05) is 18.3 Å². The third kappa shape index (κ3) is 2.48. The van der Waals surface area contributed by atoms with Crippen molar-refractivity contribution in [1.29, 1.82) is 0 Å². The van der Waals surface area contributed by atoms with Gasteiger partial charge in [-0.15, -0.1) is 0 Å². The van der Waals surface area contributed by atoms with Crippen LogP contribution in [0.2, 0.25) is 0 Å². The van der Waals surface area contributed by atoms with E-state index in [1.807, 2.05) is 6.07 Å². The minimum atomic E-state index is -0.204. The van der Waals surface area contributed by atoms with E-state index in [0.717, 1.165) is 5.69 Å². The highest BCUT2D eigenvalue weighted by molar-refractivity contribution is 5.44. The lowest BCUT2D eigenvalue weighted by molar-refractivity contribution is 0.277. The van der Waals surface area contributed by atoms with Gasteiger partial charge in [0.1, 0.15) is 5.82 Å². The molecule has 0 saturated heterocycles. The number of anilines is 1. The lowest BCUT2D eigenvalue weighted by Gasteiger charge is -2.34. The zero-order valence-electron chi connectivity index (χ0n) is 8.75. The summed E-state index contributed by atoms with van der Waals surface area (Å²) in [5.74, 6) is 0.461. The zero-order valence-corrected chi connectivity index (χ0v) is 8.75. The smallest absolute Gasteiger partial charge is 0.125 e. The average molecular weight is 208 g/mol. The van der Waals surface area contributed by atoms with E-state index in [1.54, 1.807) is 6.07 Å². The molecule has 1 unspecified atom stereocenters. The predicted octanol–water partition coefficient (Wildman–Crippen LogP) is 2.37. The largest absolute Gasteiger partial charge is 0.381 e. The Bertz CT molecular complexity index is 323. The Morgan fingerprint density at radius 2 is 2.27 bits per heavy atom. The van der Waals surface area contributed by atoms with Crippen LogP contribution in [-0.4, -0.2) is 12.6 Å². The molecule has 0 aromatic heterocycles. The van der Waals surface area contributed by atoms with Gasteiger partial charge in [-0.2, -0.15) is 0 Å². The lowest BCUT2D eigenvalue weighted by Crippen LogP contribution is -2.39. The van der Waals surface area contributed by atoms with E-state index in [-0.39, 0.29) is 5.82 Å². The van der Waals surface area contributed by atoms with Gasteiger partial charge < -0.3 is 11.1 Å². The molecule has 0 heterocycles. The van der Waals surface area contributed by atoms with E-state index in [9.17, 15) is 4.39 Å². The van der Waals surface area contributed by atoms with Crippen LogP contribution in [0, 0.1) is 11.7 Å². The Balaban J connectivity index is 1.99. The van der Waals surface area contributed by atoms with Crippen LogP contribution in [0.4, 0.5) is 10.1 Å². The monoisotopic (exact) mass is 208 g/mol. The predicted molar refractivity (Wildman–Crippen MR) is 60.2 cm³/mol. The Morgan fingerprint density at radius 3 is 2.80 bits per heavy atom. The first-order valence-corrected chi connectivity index (χ1v) is 5.52. The highest BCUT2D eigenvalue weighted by Crippen LogP contribution is 2.30. The number of hydrogen-bond donors (Lipinski definition) is 2. The first-order valence-electron chi connectivity index (χ1n) is 5.52. The molecular weight excluding hydrogens is 191 g/mol. The molecule has 1 fully saturated rings. The number of hydrogen-bond acceptors (Lipinski definition) is 2. The number of benzene rings is 1. The number of halogens is 1. The second-order valence-corrected chi connectivity index (χ2v) is 4.19. The molecule has 82 valence electrons. The first kappa shape index (κ1) is 10.4. The maximum absolute atomic E-state index is 12.9. The van der Waals surface area contributed by atoms with Crippen LogP contribution in [-0.2, 0) is 0 Å². The summed E-state index contributed by atoms with van der Waals surface area (Å²) < 4.78 is 12.9. The fourth-order valence-electron chi connectivity index (χ4n) is 2.00. The maximum atomic E-state index is 12.9. The standard InChI is InChI=1S/C12H17FN2/c13-10-5-2-6-11(7-10)15-12(8-14)9-3-1-4-9/h2,5-7,9,12,15H,1,3-4,8,14H2. The van der Waals surface area contributed by atoms with Crippen molar-refractivity contribution in [3.05, 3.63) is 30.1 Å². The van der Waals surface area contributed by atoms with Crippen LogP contribution in [0.5, 0.6) is 0 Å². The molecule has 0 aliphatic heterocycles. The van der Waals surface area contributed by atoms with E-state index in [2.05, 4.69) is 5.32 Å². The summed E-state index contributed by atoms with van der Waals surface area (Å²) in [7, 11) is 0. The summed E-state index contributed by atoms with van der Waals surface area (Å²) >= 11 is 0. The van der Waals surface area contributed by atoms with Crippen LogP contribution in [0.1, 0.15) is 19.3 Å². The van der Waals surface area contributed by atoms with Gasteiger partial charge in [-0.3, -0.25) is 0 Å². The summed E-state index contributed by atoms with van der Waals surface area (Å²) in [5.41, 5.74) is 6.54. The quantitative estimate of drug-likeness (QED) is 0.797. The molecule has 1 aliphatic carbocycles. The number of nitrogens with one attached hydrogen (secondary N) is 1. The van der Waals surface area contributed by atoms with Crippen LogP contribution >= 0.6 is 0 Å². The van der Waals surface area contributed by atoms with Gasteiger partial charge in [-0.1, -0.05) is 12.5 Å². The van der Waals surface area contributed by atoms with Crippen molar-refractivity contribution in [2.24, 2.45) is 11.7 Å². The zero-order chi connectivity index (χ0) is 10.7. The van der Waals surface area contributed by atoms with Crippen molar-refractivity contribution < 1.29 is 4.39 Å². The van der Waals surface area contributed by atoms with Crippen molar-refractivity contribution in [3.63, 3.8) is 0 Å². The molecule has 1 atom stereocenters. The third-order valence-corrected chi connectivity index (χ3v) is 3.15. The average Bonchev–Trinajstić information content (AvgIpc) is 2.14. The minimum absolute atomic E-state index is 0.204. The summed E-state index contributed by atoms with van der Waals surface area (Å²) in [6.07, 6.45) is 3.78. The van der Waals surface area contributed by atoms with Gasteiger partial charge in [0.05, 0.1) is 0 Å². The fourth-order valence-corrected chi connectivity index (χ4v) is 2.00. The fraction of sp³-hybridized carbons (Fsp3) is 0.500.